The first kappa shape index (κ1) is 13.1. The van der Waals surface area contributed by atoms with Gasteiger partial charge in [-0.2, -0.15) is 0 Å². The second kappa shape index (κ2) is 4.33. The van der Waals surface area contributed by atoms with Crippen LogP contribution in [0.5, 0.6) is 0 Å². The van der Waals surface area contributed by atoms with Crippen molar-refractivity contribution in [2.24, 2.45) is 11.7 Å². The quantitative estimate of drug-likeness (QED) is 0.896. The van der Waals surface area contributed by atoms with Gasteiger partial charge in [0.25, 0.3) is 0 Å². The molecule has 1 aromatic rings. The molecule has 1 aliphatic heterocycles. The van der Waals surface area contributed by atoms with Crippen LogP contribution in [0.3, 0.4) is 0 Å². The number of sulfone groups is 1. The van der Waals surface area contributed by atoms with E-state index < -0.39 is 9.84 Å². The molecule has 0 amide bonds. The third-order valence-corrected chi connectivity index (χ3v) is 5.34. The van der Waals surface area contributed by atoms with Gasteiger partial charge < -0.3 is 10.2 Å². The van der Waals surface area contributed by atoms with Crippen molar-refractivity contribution in [2.45, 2.75) is 36.4 Å². The van der Waals surface area contributed by atoms with Crippen LogP contribution in [-0.4, -0.2) is 38.2 Å². The predicted molar refractivity (Wildman–Crippen MR) is 71.4 cm³/mol. The monoisotopic (exact) mass is 284 g/mol. The molecule has 19 heavy (non-hydrogen) atoms. The lowest BCUT2D eigenvalue weighted by Crippen LogP contribution is -2.44. The van der Waals surface area contributed by atoms with Gasteiger partial charge >= 0.3 is 0 Å². The van der Waals surface area contributed by atoms with Gasteiger partial charge in [-0.25, -0.2) is 8.42 Å². The highest BCUT2D eigenvalue weighted by Crippen LogP contribution is 2.40. The highest BCUT2D eigenvalue weighted by atomic mass is 32.2. The largest absolute Gasteiger partial charge is 0.448 e. The minimum Gasteiger partial charge on any atom is -0.448 e. The summed E-state index contributed by atoms with van der Waals surface area (Å²) in [5, 5.41) is 0.0457. The Bertz CT molecular complexity index is 580. The minimum absolute atomic E-state index is 0.0355. The highest BCUT2D eigenvalue weighted by molar-refractivity contribution is 7.90. The van der Waals surface area contributed by atoms with Crippen LogP contribution in [0.15, 0.2) is 21.6 Å². The number of likely N-dealkylation sites (tertiary alicyclic amines) is 1. The standard InChI is InChI=1S/C13H20N2O3S/c1-19(16,17)12-5-4-11(18-12)8-15-7-10-3-2-6-13(10,14)9-15/h4-5,10H,2-3,6-9,14H2,1H3. The number of rotatable bonds is 3. The van der Waals surface area contributed by atoms with E-state index in [9.17, 15) is 8.42 Å². The van der Waals surface area contributed by atoms with Gasteiger partial charge in [-0.1, -0.05) is 6.42 Å². The first-order chi connectivity index (χ1) is 8.87. The molecular weight excluding hydrogens is 264 g/mol. The van der Waals surface area contributed by atoms with E-state index in [1.807, 2.05) is 0 Å². The predicted octanol–water partition coefficient (Wildman–Crippen LogP) is 0.996. The lowest BCUT2D eigenvalue weighted by atomic mass is 9.92. The van der Waals surface area contributed by atoms with E-state index in [-0.39, 0.29) is 10.6 Å². The summed E-state index contributed by atoms with van der Waals surface area (Å²) in [6.07, 6.45) is 4.69. The van der Waals surface area contributed by atoms with E-state index in [4.69, 9.17) is 10.2 Å². The number of hydrogen-bond acceptors (Lipinski definition) is 5. The summed E-state index contributed by atoms with van der Waals surface area (Å²) < 4.78 is 28.1. The van der Waals surface area contributed by atoms with Crippen molar-refractivity contribution in [2.75, 3.05) is 19.3 Å². The summed E-state index contributed by atoms with van der Waals surface area (Å²) >= 11 is 0. The van der Waals surface area contributed by atoms with Crippen molar-refractivity contribution in [3.05, 3.63) is 17.9 Å². The van der Waals surface area contributed by atoms with Crippen molar-refractivity contribution in [3.63, 3.8) is 0 Å². The molecule has 2 aliphatic rings. The molecule has 5 nitrogen and oxygen atoms in total. The van der Waals surface area contributed by atoms with Gasteiger partial charge in [0.15, 0.2) is 0 Å². The summed E-state index contributed by atoms with van der Waals surface area (Å²) in [5.41, 5.74) is 6.38. The first-order valence-corrected chi connectivity index (χ1v) is 8.56. The number of nitrogens with zero attached hydrogens (tertiary/aromatic N) is 1. The van der Waals surface area contributed by atoms with Crippen molar-refractivity contribution < 1.29 is 12.8 Å². The Morgan fingerprint density at radius 2 is 2.32 bits per heavy atom. The van der Waals surface area contributed by atoms with Crippen LogP contribution in [-0.2, 0) is 16.4 Å². The molecular formula is C13H20N2O3S. The van der Waals surface area contributed by atoms with E-state index in [2.05, 4.69) is 4.90 Å². The van der Waals surface area contributed by atoms with E-state index >= 15 is 0 Å². The van der Waals surface area contributed by atoms with Gasteiger partial charge in [0.2, 0.25) is 14.9 Å². The number of furan rings is 1. The molecule has 3 rings (SSSR count). The Morgan fingerprint density at radius 3 is 2.95 bits per heavy atom. The zero-order chi connectivity index (χ0) is 13.7. The van der Waals surface area contributed by atoms with Gasteiger partial charge in [-0.05, 0) is 30.9 Å². The lowest BCUT2D eigenvalue weighted by Gasteiger charge is -2.22. The lowest BCUT2D eigenvalue weighted by molar-refractivity contribution is 0.260. The molecule has 0 aromatic carbocycles. The Hall–Kier alpha value is -0.850. The maximum Gasteiger partial charge on any atom is 0.217 e. The van der Waals surface area contributed by atoms with Crippen LogP contribution in [0, 0.1) is 5.92 Å². The van der Waals surface area contributed by atoms with Crippen LogP contribution in [0.4, 0.5) is 0 Å². The van der Waals surface area contributed by atoms with Crippen LogP contribution in [0.1, 0.15) is 25.0 Å². The van der Waals surface area contributed by atoms with Crippen LogP contribution in [0.2, 0.25) is 0 Å². The first-order valence-electron chi connectivity index (χ1n) is 6.67. The van der Waals surface area contributed by atoms with Crippen LogP contribution < -0.4 is 5.73 Å². The topological polar surface area (TPSA) is 76.5 Å². The van der Waals surface area contributed by atoms with E-state index in [0.717, 1.165) is 25.8 Å². The SMILES string of the molecule is CS(=O)(=O)c1ccc(CN2CC3CCCC3(N)C2)o1. The summed E-state index contributed by atoms with van der Waals surface area (Å²) in [5.74, 6) is 1.28. The number of fused-ring (bicyclic) bond motifs is 1. The van der Waals surface area contributed by atoms with Crippen molar-refractivity contribution in [1.29, 1.82) is 0 Å². The molecule has 1 saturated heterocycles. The summed E-state index contributed by atoms with van der Waals surface area (Å²) in [6, 6.07) is 3.27. The molecule has 0 radical (unpaired) electrons. The zero-order valence-corrected chi connectivity index (χ0v) is 11.9. The van der Waals surface area contributed by atoms with Gasteiger partial charge in [0, 0.05) is 24.9 Å². The second-order valence-corrected chi connectivity index (χ2v) is 7.93. The second-order valence-electron chi connectivity index (χ2n) is 5.98. The normalized spacial score (nSPS) is 31.8. The Morgan fingerprint density at radius 1 is 1.53 bits per heavy atom. The molecule has 6 heteroatoms. The molecule has 0 spiro atoms. The fourth-order valence-electron chi connectivity index (χ4n) is 3.43. The summed E-state index contributed by atoms with van der Waals surface area (Å²) in [4.78, 5) is 2.27. The van der Waals surface area contributed by atoms with Crippen molar-refractivity contribution >= 4 is 9.84 Å². The van der Waals surface area contributed by atoms with E-state index in [1.54, 1.807) is 6.07 Å². The van der Waals surface area contributed by atoms with Crippen molar-refractivity contribution in [1.82, 2.24) is 4.90 Å². The molecule has 2 atom stereocenters. The average Bonchev–Trinajstić information content (AvgIpc) is 2.91. The average molecular weight is 284 g/mol. The molecule has 1 saturated carbocycles. The molecule has 1 aromatic heterocycles. The third kappa shape index (κ3) is 2.44. The molecule has 2 N–H and O–H groups in total. The van der Waals surface area contributed by atoms with Gasteiger partial charge in [0.1, 0.15) is 5.76 Å². The fraction of sp³-hybridized carbons (Fsp3) is 0.692. The van der Waals surface area contributed by atoms with Crippen LogP contribution in [0.25, 0.3) is 0 Å². The van der Waals surface area contributed by atoms with Gasteiger partial charge in [-0.3, -0.25) is 4.90 Å². The summed E-state index contributed by atoms with van der Waals surface area (Å²) in [6.45, 7) is 2.52. The minimum atomic E-state index is -3.25. The van der Waals surface area contributed by atoms with E-state index in [0.29, 0.717) is 18.2 Å². The number of hydrogen-bond donors (Lipinski definition) is 1. The Kier molecular flexibility index (Phi) is 2.99. The fourth-order valence-corrected chi connectivity index (χ4v) is 4.00. The molecule has 1 aliphatic carbocycles. The maximum atomic E-state index is 11.4. The van der Waals surface area contributed by atoms with Crippen molar-refractivity contribution in [3.8, 4) is 0 Å². The molecule has 0 bridgehead atoms. The van der Waals surface area contributed by atoms with E-state index in [1.165, 1.54) is 18.9 Å². The molecule has 2 heterocycles. The van der Waals surface area contributed by atoms with Crippen LogP contribution >= 0.6 is 0 Å². The van der Waals surface area contributed by atoms with Gasteiger partial charge in [-0.15, -0.1) is 0 Å². The highest BCUT2D eigenvalue weighted by Gasteiger charge is 2.46. The smallest absolute Gasteiger partial charge is 0.217 e. The zero-order valence-electron chi connectivity index (χ0n) is 11.1. The third-order valence-electron chi connectivity index (χ3n) is 4.39. The summed E-state index contributed by atoms with van der Waals surface area (Å²) in [7, 11) is -3.25. The molecule has 2 fully saturated rings. The number of nitrogens with two attached hydrogens (primary N) is 1. The Balaban J connectivity index is 1.69. The Labute approximate surface area is 113 Å². The molecule has 106 valence electrons. The maximum absolute atomic E-state index is 11.4. The van der Waals surface area contributed by atoms with Gasteiger partial charge in [0.05, 0.1) is 6.54 Å². The molecule has 2 unspecified atom stereocenters.